The number of rotatable bonds is 4. The zero-order valence-electron chi connectivity index (χ0n) is 17.3. The van der Waals surface area contributed by atoms with Gasteiger partial charge in [-0.1, -0.05) is 23.7 Å². The Balaban J connectivity index is 1.69. The first kappa shape index (κ1) is 21.3. The lowest BCUT2D eigenvalue weighted by molar-refractivity contribution is -0.136. The van der Waals surface area contributed by atoms with Crippen LogP contribution >= 0.6 is 11.6 Å². The summed E-state index contributed by atoms with van der Waals surface area (Å²) in [6.07, 6.45) is 1.53. The van der Waals surface area contributed by atoms with Crippen molar-refractivity contribution in [3.63, 3.8) is 0 Å². The van der Waals surface area contributed by atoms with Crippen molar-refractivity contribution < 1.29 is 9.59 Å². The first-order valence-electron chi connectivity index (χ1n) is 9.43. The Morgan fingerprint density at radius 3 is 2.43 bits per heavy atom. The largest absolute Gasteiger partial charge is 0.329 e. The van der Waals surface area contributed by atoms with Gasteiger partial charge in [-0.05, 0) is 75.2 Å². The highest BCUT2D eigenvalue weighted by molar-refractivity contribution is 6.39. The van der Waals surface area contributed by atoms with Gasteiger partial charge >= 0.3 is 11.8 Å². The Hall–Kier alpha value is -3.38. The molecule has 0 saturated carbocycles. The fourth-order valence-electron chi connectivity index (χ4n) is 3.15. The van der Waals surface area contributed by atoms with Crippen LogP contribution < -0.4 is 10.7 Å². The molecule has 2 N–H and O–H groups in total. The van der Waals surface area contributed by atoms with Crippen LogP contribution in [0, 0.1) is 27.7 Å². The van der Waals surface area contributed by atoms with Gasteiger partial charge < -0.3 is 9.88 Å². The number of carbonyl (C=O) groups excluding carboxylic acids is 2. The molecule has 0 radical (unpaired) electrons. The molecule has 0 unspecified atom stereocenters. The van der Waals surface area contributed by atoms with Crippen molar-refractivity contribution in [1.82, 2.24) is 9.99 Å². The third-order valence-electron chi connectivity index (χ3n) is 4.88. The van der Waals surface area contributed by atoms with Gasteiger partial charge in [-0.15, -0.1) is 0 Å². The van der Waals surface area contributed by atoms with E-state index in [2.05, 4.69) is 52.5 Å². The minimum atomic E-state index is -0.866. The number of amides is 2. The van der Waals surface area contributed by atoms with Gasteiger partial charge in [-0.25, -0.2) is 5.43 Å². The van der Waals surface area contributed by atoms with Crippen molar-refractivity contribution in [2.75, 3.05) is 5.32 Å². The fraction of sp³-hybridized carbons (Fsp3) is 0.174. The number of anilines is 1. The monoisotopic (exact) mass is 422 g/mol. The molecule has 0 aliphatic carbocycles. The van der Waals surface area contributed by atoms with Crippen LogP contribution in [-0.4, -0.2) is 22.6 Å². The molecule has 0 atom stereocenters. The highest BCUT2D eigenvalue weighted by Crippen LogP contribution is 2.22. The van der Waals surface area contributed by atoms with Gasteiger partial charge in [0, 0.05) is 33.3 Å². The van der Waals surface area contributed by atoms with Gasteiger partial charge in [-0.3, -0.25) is 9.59 Å². The molecule has 2 aromatic carbocycles. The number of aromatic nitrogens is 1. The molecule has 7 heteroatoms. The van der Waals surface area contributed by atoms with E-state index in [-0.39, 0.29) is 0 Å². The summed E-state index contributed by atoms with van der Waals surface area (Å²) in [7, 11) is 0. The number of benzene rings is 2. The lowest BCUT2D eigenvalue weighted by Gasteiger charge is -2.11. The molecule has 2 amide bonds. The molecule has 0 spiro atoms. The zero-order chi connectivity index (χ0) is 21.8. The maximum atomic E-state index is 12.0. The molecule has 6 nitrogen and oxygen atoms in total. The summed E-state index contributed by atoms with van der Waals surface area (Å²) >= 11 is 5.87. The molecule has 0 fully saturated rings. The van der Waals surface area contributed by atoms with E-state index in [1.807, 2.05) is 19.9 Å². The maximum absolute atomic E-state index is 12.0. The minimum Gasteiger partial charge on any atom is -0.318 e. The van der Waals surface area contributed by atoms with Crippen molar-refractivity contribution in [3.05, 3.63) is 81.6 Å². The number of hydrazone groups is 1. The smallest absolute Gasteiger partial charge is 0.318 e. The van der Waals surface area contributed by atoms with E-state index in [4.69, 9.17) is 11.6 Å². The van der Waals surface area contributed by atoms with Crippen LogP contribution in [-0.2, 0) is 9.59 Å². The molecule has 30 heavy (non-hydrogen) atoms. The SMILES string of the molecule is Cc1ccc(-n2c(C)cc(/C=N\NC(=O)C(=O)Nc3cccc(Cl)c3)c2C)cc1C. The highest BCUT2D eigenvalue weighted by atomic mass is 35.5. The van der Waals surface area contributed by atoms with Crippen molar-refractivity contribution in [2.24, 2.45) is 5.10 Å². The van der Waals surface area contributed by atoms with E-state index in [0.29, 0.717) is 10.7 Å². The molecule has 0 aliphatic heterocycles. The van der Waals surface area contributed by atoms with Gasteiger partial charge in [-0.2, -0.15) is 5.10 Å². The van der Waals surface area contributed by atoms with Gasteiger partial charge in [0.2, 0.25) is 0 Å². The van der Waals surface area contributed by atoms with E-state index >= 15 is 0 Å². The summed E-state index contributed by atoms with van der Waals surface area (Å²) in [5.74, 6) is -1.69. The van der Waals surface area contributed by atoms with Crippen LogP contribution in [0.5, 0.6) is 0 Å². The first-order valence-corrected chi connectivity index (χ1v) is 9.80. The number of nitrogens with one attached hydrogen (secondary N) is 2. The molecule has 3 rings (SSSR count). The molecule has 1 heterocycles. The number of halogens is 1. The molecule has 0 saturated heterocycles. The topological polar surface area (TPSA) is 75.5 Å². The number of nitrogens with zero attached hydrogens (tertiary/aromatic N) is 2. The quantitative estimate of drug-likeness (QED) is 0.370. The van der Waals surface area contributed by atoms with Gasteiger partial charge in [0.1, 0.15) is 0 Å². The Bertz CT molecular complexity index is 1150. The van der Waals surface area contributed by atoms with Crippen LogP contribution in [0.4, 0.5) is 5.69 Å². The third-order valence-corrected chi connectivity index (χ3v) is 5.11. The van der Waals surface area contributed by atoms with Crippen molar-refractivity contribution in [2.45, 2.75) is 27.7 Å². The van der Waals surface area contributed by atoms with Gasteiger partial charge in [0.05, 0.1) is 6.21 Å². The summed E-state index contributed by atoms with van der Waals surface area (Å²) in [4.78, 5) is 24.0. The van der Waals surface area contributed by atoms with Crippen LogP contribution in [0.15, 0.2) is 53.6 Å². The van der Waals surface area contributed by atoms with Crippen molar-refractivity contribution >= 4 is 35.3 Å². The summed E-state index contributed by atoms with van der Waals surface area (Å²) < 4.78 is 2.13. The Morgan fingerprint density at radius 2 is 1.73 bits per heavy atom. The lowest BCUT2D eigenvalue weighted by Crippen LogP contribution is -2.32. The van der Waals surface area contributed by atoms with E-state index in [1.165, 1.54) is 17.3 Å². The molecule has 1 aromatic heterocycles. The average molecular weight is 423 g/mol. The van der Waals surface area contributed by atoms with E-state index < -0.39 is 11.8 Å². The third kappa shape index (κ3) is 4.78. The molecular formula is C23H23ClN4O2. The average Bonchev–Trinajstić information content (AvgIpc) is 2.97. The van der Waals surface area contributed by atoms with Crippen LogP contribution in [0.25, 0.3) is 5.69 Å². The highest BCUT2D eigenvalue weighted by Gasteiger charge is 2.14. The second-order valence-electron chi connectivity index (χ2n) is 7.09. The summed E-state index contributed by atoms with van der Waals surface area (Å²) in [5, 5.41) is 6.87. The standard InChI is InChI=1S/C23H23ClN4O2/c1-14-8-9-21(10-15(14)2)28-16(3)11-18(17(28)4)13-25-27-23(30)22(29)26-20-7-5-6-19(24)12-20/h5-13H,1-4H3,(H,26,29)(H,27,30)/b25-13-. The van der Waals surface area contributed by atoms with E-state index in [9.17, 15) is 9.59 Å². The number of hydrogen-bond acceptors (Lipinski definition) is 3. The van der Waals surface area contributed by atoms with Crippen LogP contribution in [0.1, 0.15) is 28.1 Å². The molecule has 0 aliphatic rings. The van der Waals surface area contributed by atoms with E-state index in [0.717, 1.165) is 22.6 Å². The Kier molecular flexibility index (Phi) is 6.37. The Morgan fingerprint density at radius 1 is 0.967 bits per heavy atom. The second kappa shape index (κ2) is 8.97. The van der Waals surface area contributed by atoms with Crippen molar-refractivity contribution in [1.29, 1.82) is 0 Å². The molecule has 154 valence electrons. The lowest BCUT2D eigenvalue weighted by atomic mass is 10.1. The van der Waals surface area contributed by atoms with Crippen LogP contribution in [0.3, 0.4) is 0 Å². The Labute approximate surface area is 180 Å². The maximum Gasteiger partial charge on any atom is 0.329 e. The predicted molar refractivity (Wildman–Crippen MR) is 121 cm³/mol. The second-order valence-corrected chi connectivity index (χ2v) is 7.53. The summed E-state index contributed by atoms with van der Waals surface area (Å²) in [5.41, 5.74) is 9.08. The number of carbonyl (C=O) groups is 2. The molecule has 3 aromatic rings. The van der Waals surface area contributed by atoms with E-state index in [1.54, 1.807) is 24.3 Å². The molecule has 0 bridgehead atoms. The minimum absolute atomic E-state index is 0.434. The fourth-order valence-corrected chi connectivity index (χ4v) is 3.34. The first-order chi connectivity index (χ1) is 14.3. The summed E-state index contributed by atoms with van der Waals surface area (Å²) in [6.45, 7) is 8.16. The van der Waals surface area contributed by atoms with Gasteiger partial charge in [0.15, 0.2) is 0 Å². The normalized spacial score (nSPS) is 11.0. The summed E-state index contributed by atoms with van der Waals surface area (Å²) in [6, 6.07) is 14.8. The number of hydrogen-bond donors (Lipinski definition) is 2. The zero-order valence-corrected chi connectivity index (χ0v) is 18.0. The van der Waals surface area contributed by atoms with Crippen LogP contribution in [0.2, 0.25) is 5.02 Å². The molecular weight excluding hydrogens is 400 g/mol. The predicted octanol–water partition coefficient (Wildman–Crippen LogP) is 4.45. The van der Waals surface area contributed by atoms with Crippen molar-refractivity contribution in [3.8, 4) is 5.69 Å². The number of aryl methyl sites for hydroxylation is 3. The van der Waals surface area contributed by atoms with Gasteiger partial charge in [0.25, 0.3) is 0 Å².